The monoisotopic (exact) mass is 683 g/mol. The third-order valence-corrected chi connectivity index (χ3v) is 13.1. The number of carbonyl (C=O) groups is 2. The Morgan fingerprint density at radius 1 is 0.833 bits per heavy atom. The van der Waals surface area contributed by atoms with Gasteiger partial charge in [0.15, 0.2) is 6.29 Å². The minimum atomic E-state index is -1.65. The molecule has 13 heteroatoms. The molecule has 274 valence electrons. The number of methoxy groups -OCH3 is 1. The number of rotatable bonds is 9. The molecule has 6 fully saturated rings. The van der Waals surface area contributed by atoms with Gasteiger partial charge in [0, 0.05) is 37.7 Å². The summed E-state index contributed by atoms with van der Waals surface area (Å²) in [6.45, 7) is 0.347. The normalized spacial score (nSPS) is 50.1. The van der Waals surface area contributed by atoms with E-state index in [9.17, 15) is 40.2 Å². The number of quaternary nitrogens is 1. The van der Waals surface area contributed by atoms with Crippen molar-refractivity contribution in [3.8, 4) is 0 Å². The van der Waals surface area contributed by atoms with E-state index < -0.39 is 79.3 Å². The van der Waals surface area contributed by atoms with Crippen LogP contribution < -0.4 is 11.1 Å². The summed E-state index contributed by atoms with van der Waals surface area (Å²) in [6, 6.07) is 0. The van der Waals surface area contributed by atoms with Crippen LogP contribution in [-0.4, -0.2) is 124 Å². The van der Waals surface area contributed by atoms with Crippen molar-refractivity contribution in [3.63, 3.8) is 0 Å². The zero-order valence-corrected chi connectivity index (χ0v) is 28.2. The van der Waals surface area contributed by atoms with Crippen molar-refractivity contribution in [2.75, 3.05) is 20.3 Å². The van der Waals surface area contributed by atoms with Crippen molar-refractivity contribution < 1.29 is 59.8 Å². The number of nitrogens with two attached hydrogens (primary N) is 2. The van der Waals surface area contributed by atoms with Gasteiger partial charge in [-0.25, -0.2) is 0 Å². The van der Waals surface area contributed by atoms with Crippen molar-refractivity contribution in [1.29, 1.82) is 0 Å². The summed E-state index contributed by atoms with van der Waals surface area (Å²) in [7, 11) is 1.54. The summed E-state index contributed by atoms with van der Waals surface area (Å²) in [5, 5.41) is 65.9. The van der Waals surface area contributed by atoms with Crippen LogP contribution in [0.5, 0.6) is 0 Å². The first-order chi connectivity index (χ1) is 23.0. The van der Waals surface area contributed by atoms with E-state index >= 15 is 0 Å². The Morgan fingerprint density at radius 2 is 1.60 bits per heavy atom. The average Bonchev–Trinajstić information content (AvgIpc) is 3.08. The van der Waals surface area contributed by atoms with Crippen LogP contribution >= 0.6 is 0 Å². The van der Waals surface area contributed by atoms with E-state index in [0.29, 0.717) is 31.6 Å². The van der Waals surface area contributed by atoms with Crippen molar-refractivity contribution >= 4 is 11.6 Å². The molecule has 0 bridgehead atoms. The first kappa shape index (κ1) is 36.7. The number of Topliss-reactive ketones (excluding diaryl/α,β-unsaturated/α-hetero) is 2. The maximum absolute atomic E-state index is 14.6. The van der Waals surface area contributed by atoms with Crippen molar-refractivity contribution in [2.45, 2.75) is 138 Å². The Balaban J connectivity index is 1.24. The number of piperidine rings is 1. The van der Waals surface area contributed by atoms with Gasteiger partial charge in [0.2, 0.25) is 0 Å². The Labute approximate surface area is 282 Å². The highest BCUT2D eigenvalue weighted by Gasteiger charge is 2.61. The molecule has 2 heterocycles. The topological polar surface area (TPSA) is 226 Å². The smallest absolute Gasteiger partial charge is 0.186 e. The number of ether oxygens (including phenoxy) is 3. The molecule has 0 spiro atoms. The lowest BCUT2D eigenvalue weighted by Crippen LogP contribution is -2.95. The summed E-state index contributed by atoms with van der Waals surface area (Å²) >= 11 is 0. The molecule has 18 unspecified atom stereocenters. The van der Waals surface area contributed by atoms with Gasteiger partial charge in [0.05, 0.1) is 49.4 Å². The Morgan fingerprint density at radius 3 is 2.29 bits per heavy atom. The fourth-order valence-electron chi connectivity index (χ4n) is 10.4. The molecule has 48 heavy (non-hydrogen) atoms. The molecule has 0 aromatic heterocycles. The largest absolute Gasteiger partial charge is 0.394 e. The second-order valence-corrected chi connectivity index (χ2v) is 16.0. The molecule has 0 aromatic carbocycles. The molecule has 2 aliphatic heterocycles. The zero-order valence-electron chi connectivity index (χ0n) is 28.2. The summed E-state index contributed by atoms with van der Waals surface area (Å²) in [5.74, 6) is -2.69. The van der Waals surface area contributed by atoms with E-state index in [4.69, 9.17) is 19.9 Å². The molecule has 6 rings (SSSR count). The summed E-state index contributed by atoms with van der Waals surface area (Å²) in [5.41, 5.74) is 6.11. The second-order valence-electron chi connectivity index (χ2n) is 16.0. The lowest BCUT2D eigenvalue weighted by atomic mass is 9.52. The minimum Gasteiger partial charge on any atom is -0.394 e. The molecule has 18 atom stereocenters. The van der Waals surface area contributed by atoms with Gasteiger partial charge in [0.1, 0.15) is 42.1 Å². The molecule has 4 saturated carbocycles. The van der Waals surface area contributed by atoms with E-state index in [1.807, 2.05) is 0 Å². The van der Waals surface area contributed by atoms with E-state index in [1.165, 1.54) is 7.11 Å². The number of fused-ring (bicyclic) bond motifs is 2. The Hall–Kier alpha value is -1.10. The quantitative estimate of drug-likeness (QED) is 0.140. The molecule has 0 amide bonds. The van der Waals surface area contributed by atoms with Gasteiger partial charge < -0.3 is 50.2 Å². The predicted octanol–water partition coefficient (Wildman–Crippen LogP) is -1.43. The van der Waals surface area contributed by atoms with Gasteiger partial charge >= 0.3 is 0 Å². The first-order valence-electron chi connectivity index (χ1n) is 18.5. The molecule has 13 nitrogen and oxygen atoms in total. The van der Waals surface area contributed by atoms with Crippen LogP contribution in [0.1, 0.15) is 77.0 Å². The van der Waals surface area contributed by atoms with Crippen molar-refractivity contribution in [3.05, 3.63) is 0 Å². The second kappa shape index (κ2) is 15.6. The van der Waals surface area contributed by atoms with Crippen LogP contribution in [0.15, 0.2) is 0 Å². The van der Waals surface area contributed by atoms with E-state index in [1.54, 1.807) is 0 Å². The van der Waals surface area contributed by atoms with Crippen LogP contribution in [0.25, 0.3) is 0 Å². The van der Waals surface area contributed by atoms with E-state index in [0.717, 1.165) is 51.5 Å². The molecule has 0 radical (unpaired) electrons. The summed E-state index contributed by atoms with van der Waals surface area (Å²) in [4.78, 5) is 29.1. The maximum atomic E-state index is 14.6. The number of hydrogen-bond acceptors (Lipinski definition) is 12. The third-order valence-electron chi connectivity index (χ3n) is 13.1. The van der Waals surface area contributed by atoms with Crippen molar-refractivity contribution in [1.82, 2.24) is 0 Å². The highest BCUT2D eigenvalue weighted by molar-refractivity contribution is 6.00. The van der Waals surface area contributed by atoms with Gasteiger partial charge in [-0.1, -0.05) is 12.8 Å². The summed E-state index contributed by atoms with van der Waals surface area (Å²) in [6.07, 6.45) is -0.967. The average molecular weight is 684 g/mol. The third kappa shape index (κ3) is 7.43. The molecule has 10 N–H and O–H groups in total. The van der Waals surface area contributed by atoms with Gasteiger partial charge in [-0.15, -0.1) is 0 Å². The SMILES string of the molecule is COC1CC(OC2OC(CO)C(O)C(O)C2O)C2C(=O)C3C(CC(CCC4CCC(N)[NH2+]C4)C(CC4CCCC(O)C4)C3O)C(=O)C2C1. The predicted molar refractivity (Wildman–Crippen MR) is 170 cm³/mol. The standard InChI is InChI=1S/C35H58N2O11/c1-46-20-12-23-27(24(13-20)47-35-34(45)33(44)31(42)25(15-38)48-35)32(43)28-22(29(23)40)11-18(7-5-16-6-8-26(36)37-14-16)21(30(28)41)10-17-3-2-4-19(39)9-17/h16-28,30-31,33-35,37-39,41-42,44-45H,2-15,36H2,1H3/p+1. The Kier molecular flexibility index (Phi) is 12.0. The van der Waals surface area contributed by atoms with Crippen LogP contribution in [-0.2, 0) is 23.8 Å². The fourth-order valence-corrected chi connectivity index (χ4v) is 10.4. The molecular weight excluding hydrogens is 624 g/mol. The molecule has 4 aliphatic carbocycles. The minimum absolute atomic E-state index is 0.0543. The van der Waals surface area contributed by atoms with Crippen LogP contribution in [0.2, 0.25) is 0 Å². The number of hydrogen-bond donors (Lipinski definition) is 8. The number of aliphatic hydroxyl groups is 6. The lowest BCUT2D eigenvalue weighted by Gasteiger charge is -2.53. The summed E-state index contributed by atoms with van der Waals surface area (Å²) < 4.78 is 17.5. The van der Waals surface area contributed by atoms with Gasteiger partial charge in [-0.2, -0.15) is 0 Å². The van der Waals surface area contributed by atoms with Crippen molar-refractivity contribution in [2.24, 2.45) is 53.1 Å². The maximum Gasteiger partial charge on any atom is 0.186 e. The number of carbonyl (C=O) groups excluding carboxylic acids is 2. The molecule has 6 aliphatic rings. The lowest BCUT2D eigenvalue weighted by molar-refractivity contribution is -0.702. The highest BCUT2D eigenvalue weighted by Crippen LogP contribution is 2.53. The first-order valence-corrected chi connectivity index (χ1v) is 18.5. The number of ketones is 2. The zero-order chi connectivity index (χ0) is 34.3. The highest BCUT2D eigenvalue weighted by atomic mass is 16.7. The molecule has 0 aromatic rings. The van der Waals surface area contributed by atoms with Gasteiger partial charge in [0.25, 0.3) is 0 Å². The molecular formula is C35H59N2O11+. The fraction of sp³-hybridized carbons (Fsp3) is 0.943. The molecule has 2 saturated heterocycles. The Bertz CT molecular complexity index is 1100. The van der Waals surface area contributed by atoms with E-state index in [2.05, 4.69) is 5.32 Å². The van der Waals surface area contributed by atoms with Crippen LogP contribution in [0.4, 0.5) is 0 Å². The number of aliphatic hydroxyl groups excluding tert-OH is 6. The van der Waals surface area contributed by atoms with Crippen LogP contribution in [0.3, 0.4) is 0 Å². The van der Waals surface area contributed by atoms with Gasteiger partial charge in [-0.3, -0.25) is 15.3 Å². The van der Waals surface area contributed by atoms with Crippen LogP contribution in [0, 0.1) is 47.3 Å². The van der Waals surface area contributed by atoms with Gasteiger partial charge in [-0.05, 0) is 69.1 Å². The van der Waals surface area contributed by atoms with E-state index in [-0.39, 0.29) is 48.0 Å².